The first-order valence-corrected chi connectivity index (χ1v) is 7.96. The Morgan fingerprint density at radius 1 is 1.18 bits per heavy atom. The molecule has 1 aliphatic rings. The molecule has 1 heterocycles. The number of methoxy groups -OCH3 is 1. The van der Waals surface area contributed by atoms with Crippen LogP contribution < -0.4 is 4.90 Å². The zero-order valence-electron chi connectivity index (χ0n) is 14.1. The highest BCUT2D eigenvalue weighted by Crippen LogP contribution is 2.24. The third-order valence-corrected chi connectivity index (χ3v) is 3.88. The fourth-order valence-electron chi connectivity index (χ4n) is 2.74. The molecule has 0 aromatic heterocycles. The number of esters is 1. The number of rotatable bonds is 4. The fraction of sp³-hybridized carbons (Fsp3) is 0.611. The van der Waals surface area contributed by atoms with Crippen LogP contribution in [0, 0.1) is 5.92 Å². The predicted molar refractivity (Wildman–Crippen MR) is 88.4 cm³/mol. The highest BCUT2D eigenvalue weighted by atomic mass is 16.6. The van der Waals surface area contributed by atoms with Crippen LogP contribution in [-0.4, -0.2) is 38.4 Å². The molecule has 0 atom stereocenters. The molecule has 0 amide bonds. The molecule has 0 aliphatic carbocycles. The van der Waals surface area contributed by atoms with E-state index in [-0.39, 0.29) is 5.97 Å². The molecule has 0 saturated carbocycles. The van der Waals surface area contributed by atoms with Gasteiger partial charge in [0, 0.05) is 32.5 Å². The monoisotopic (exact) mass is 305 g/mol. The van der Waals surface area contributed by atoms with Gasteiger partial charge in [-0.1, -0.05) is 0 Å². The average Bonchev–Trinajstić information content (AvgIpc) is 2.47. The number of nitrogens with zero attached hydrogens (tertiary/aromatic N) is 1. The van der Waals surface area contributed by atoms with Gasteiger partial charge < -0.3 is 14.4 Å². The van der Waals surface area contributed by atoms with E-state index in [1.165, 1.54) is 5.69 Å². The Morgan fingerprint density at radius 2 is 1.77 bits per heavy atom. The molecular weight excluding hydrogens is 278 g/mol. The Labute approximate surface area is 133 Å². The molecule has 4 heteroatoms. The Balaban J connectivity index is 1.94. The van der Waals surface area contributed by atoms with Gasteiger partial charge in [0.2, 0.25) is 0 Å². The Hall–Kier alpha value is -1.55. The van der Waals surface area contributed by atoms with Crippen molar-refractivity contribution in [1.29, 1.82) is 0 Å². The van der Waals surface area contributed by atoms with Crippen LogP contribution in [0.4, 0.5) is 5.69 Å². The van der Waals surface area contributed by atoms with Crippen molar-refractivity contribution in [2.75, 3.05) is 31.7 Å². The molecule has 0 bridgehead atoms. The van der Waals surface area contributed by atoms with Crippen molar-refractivity contribution in [3.63, 3.8) is 0 Å². The van der Waals surface area contributed by atoms with E-state index in [4.69, 9.17) is 9.47 Å². The van der Waals surface area contributed by atoms with Gasteiger partial charge in [-0.05, 0) is 63.8 Å². The summed E-state index contributed by atoms with van der Waals surface area (Å²) in [6.45, 7) is 8.57. The lowest BCUT2D eigenvalue weighted by molar-refractivity contribution is 0.00696. The molecule has 0 radical (unpaired) electrons. The molecule has 0 N–H and O–H groups in total. The smallest absolute Gasteiger partial charge is 0.338 e. The summed E-state index contributed by atoms with van der Waals surface area (Å²) < 4.78 is 10.6. The Bertz CT molecular complexity index is 482. The van der Waals surface area contributed by atoms with E-state index in [0.717, 1.165) is 32.5 Å². The second kappa shape index (κ2) is 7.14. The van der Waals surface area contributed by atoms with Gasteiger partial charge in [-0.2, -0.15) is 0 Å². The number of carbonyl (C=O) groups is 1. The van der Waals surface area contributed by atoms with Gasteiger partial charge in [-0.3, -0.25) is 0 Å². The maximum Gasteiger partial charge on any atom is 0.338 e. The first kappa shape index (κ1) is 16.8. The van der Waals surface area contributed by atoms with Gasteiger partial charge in [0.1, 0.15) is 5.60 Å². The summed E-state index contributed by atoms with van der Waals surface area (Å²) >= 11 is 0. The third-order valence-electron chi connectivity index (χ3n) is 3.88. The molecule has 0 spiro atoms. The van der Waals surface area contributed by atoms with Gasteiger partial charge in [0.05, 0.1) is 5.56 Å². The van der Waals surface area contributed by atoms with Crippen LogP contribution >= 0.6 is 0 Å². The van der Waals surface area contributed by atoms with Crippen molar-refractivity contribution >= 4 is 11.7 Å². The van der Waals surface area contributed by atoms with Crippen molar-refractivity contribution in [1.82, 2.24) is 0 Å². The topological polar surface area (TPSA) is 38.8 Å². The highest BCUT2D eigenvalue weighted by molar-refractivity contribution is 5.90. The van der Waals surface area contributed by atoms with Gasteiger partial charge in [0.15, 0.2) is 0 Å². The molecule has 122 valence electrons. The zero-order valence-corrected chi connectivity index (χ0v) is 14.1. The first-order chi connectivity index (χ1) is 10.4. The van der Waals surface area contributed by atoms with Gasteiger partial charge in [-0.15, -0.1) is 0 Å². The summed E-state index contributed by atoms with van der Waals surface area (Å²) in [5, 5.41) is 0. The molecule has 1 aromatic rings. The number of hydrogen-bond donors (Lipinski definition) is 0. The minimum absolute atomic E-state index is 0.266. The molecule has 0 unspecified atom stereocenters. The molecule has 1 saturated heterocycles. The van der Waals surface area contributed by atoms with Crippen molar-refractivity contribution < 1.29 is 14.3 Å². The molecule has 1 fully saturated rings. The van der Waals surface area contributed by atoms with Crippen molar-refractivity contribution in [3.05, 3.63) is 29.8 Å². The van der Waals surface area contributed by atoms with E-state index in [0.29, 0.717) is 11.5 Å². The fourth-order valence-corrected chi connectivity index (χ4v) is 2.74. The zero-order chi connectivity index (χ0) is 16.2. The average molecular weight is 305 g/mol. The molecule has 2 rings (SSSR count). The van der Waals surface area contributed by atoms with Crippen LogP contribution in [0.1, 0.15) is 44.0 Å². The number of benzene rings is 1. The molecule has 1 aliphatic heterocycles. The van der Waals surface area contributed by atoms with Crippen LogP contribution in [0.5, 0.6) is 0 Å². The summed E-state index contributed by atoms with van der Waals surface area (Å²) in [7, 11) is 1.77. The first-order valence-electron chi connectivity index (χ1n) is 7.96. The summed E-state index contributed by atoms with van der Waals surface area (Å²) in [5.74, 6) is 0.403. The van der Waals surface area contributed by atoms with Crippen molar-refractivity contribution in [3.8, 4) is 0 Å². The van der Waals surface area contributed by atoms with Crippen LogP contribution in [0.25, 0.3) is 0 Å². The minimum atomic E-state index is -0.459. The number of anilines is 1. The highest BCUT2D eigenvalue weighted by Gasteiger charge is 2.20. The lowest BCUT2D eigenvalue weighted by Crippen LogP contribution is -2.35. The van der Waals surface area contributed by atoms with E-state index < -0.39 is 5.60 Å². The number of carbonyl (C=O) groups excluding carboxylic acids is 1. The van der Waals surface area contributed by atoms with Crippen LogP contribution in [0.2, 0.25) is 0 Å². The SMILES string of the molecule is COCC1CCN(c2ccc(C(=O)OC(C)(C)C)cc2)CC1. The Morgan fingerprint density at radius 3 is 2.27 bits per heavy atom. The van der Waals surface area contributed by atoms with Gasteiger partial charge >= 0.3 is 5.97 Å². The number of hydrogen-bond acceptors (Lipinski definition) is 4. The van der Waals surface area contributed by atoms with Crippen molar-refractivity contribution in [2.24, 2.45) is 5.92 Å². The normalized spacial score (nSPS) is 16.6. The lowest BCUT2D eigenvalue weighted by Gasteiger charge is -2.33. The number of ether oxygens (including phenoxy) is 2. The molecule has 4 nitrogen and oxygen atoms in total. The van der Waals surface area contributed by atoms with Crippen LogP contribution in [-0.2, 0) is 9.47 Å². The summed E-state index contributed by atoms with van der Waals surface area (Å²) in [6, 6.07) is 7.72. The summed E-state index contributed by atoms with van der Waals surface area (Å²) in [4.78, 5) is 14.4. The largest absolute Gasteiger partial charge is 0.456 e. The standard InChI is InChI=1S/C18H27NO3/c1-18(2,3)22-17(20)15-5-7-16(8-6-15)19-11-9-14(10-12-19)13-21-4/h5-8,14H,9-13H2,1-4H3. The van der Waals surface area contributed by atoms with E-state index in [9.17, 15) is 4.79 Å². The Kier molecular flexibility index (Phi) is 5.46. The second-order valence-electron chi connectivity index (χ2n) is 6.93. The molecular formula is C18H27NO3. The van der Waals surface area contributed by atoms with E-state index in [1.807, 2.05) is 45.0 Å². The maximum atomic E-state index is 12.0. The quantitative estimate of drug-likeness (QED) is 0.798. The minimum Gasteiger partial charge on any atom is -0.456 e. The van der Waals surface area contributed by atoms with Crippen LogP contribution in [0.3, 0.4) is 0 Å². The predicted octanol–water partition coefficient (Wildman–Crippen LogP) is 3.50. The van der Waals surface area contributed by atoms with Crippen LogP contribution in [0.15, 0.2) is 24.3 Å². The maximum absolute atomic E-state index is 12.0. The summed E-state index contributed by atoms with van der Waals surface area (Å²) in [6.07, 6.45) is 2.31. The number of piperidine rings is 1. The second-order valence-corrected chi connectivity index (χ2v) is 6.93. The molecule has 1 aromatic carbocycles. The van der Waals surface area contributed by atoms with Crippen molar-refractivity contribution in [2.45, 2.75) is 39.2 Å². The summed E-state index contributed by atoms with van der Waals surface area (Å²) in [5.41, 5.74) is 1.31. The van der Waals surface area contributed by atoms with E-state index >= 15 is 0 Å². The lowest BCUT2D eigenvalue weighted by atomic mass is 9.97. The van der Waals surface area contributed by atoms with E-state index in [2.05, 4.69) is 4.90 Å². The van der Waals surface area contributed by atoms with E-state index in [1.54, 1.807) is 7.11 Å². The van der Waals surface area contributed by atoms with Gasteiger partial charge in [0.25, 0.3) is 0 Å². The molecule has 22 heavy (non-hydrogen) atoms. The van der Waals surface area contributed by atoms with Gasteiger partial charge in [-0.25, -0.2) is 4.79 Å². The third kappa shape index (κ3) is 4.73.